The van der Waals surface area contributed by atoms with Crippen molar-refractivity contribution in [3.63, 3.8) is 0 Å². The van der Waals surface area contributed by atoms with Crippen molar-refractivity contribution in [2.24, 2.45) is 0 Å². The lowest BCUT2D eigenvalue weighted by molar-refractivity contribution is 0.271. The maximum absolute atomic E-state index is 14.2. The molecule has 3 heterocycles. The number of benzene rings is 1. The number of halogens is 1. The number of nitrogens with one attached hydrogen (secondary N) is 4. The number of ether oxygens (including phenoxy) is 1. The van der Waals surface area contributed by atoms with Gasteiger partial charge in [-0.25, -0.2) is 9.40 Å². The van der Waals surface area contributed by atoms with Crippen LogP contribution in [0.4, 0.5) is 27.9 Å². The first-order chi connectivity index (χ1) is 15.6. The van der Waals surface area contributed by atoms with Gasteiger partial charge >= 0.3 is 0 Å². The van der Waals surface area contributed by atoms with Crippen LogP contribution in [-0.2, 0) is 0 Å². The summed E-state index contributed by atoms with van der Waals surface area (Å²) >= 11 is 0. The van der Waals surface area contributed by atoms with Gasteiger partial charge in [-0.3, -0.25) is 5.43 Å². The van der Waals surface area contributed by atoms with E-state index in [4.69, 9.17) is 4.74 Å². The lowest BCUT2D eigenvalue weighted by Crippen LogP contribution is -2.40. The van der Waals surface area contributed by atoms with Crippen molar-refractivity contribution in [3.05, 3.63) is 24.0 Å². The molecule has 2 aliphatic rings. The highest BCUT2D eigenvalue weighted by Crippen LogP contribution is 2.24. The topological polar surface area (TPSA) is 99.3 Å². The van der Waals surface area contributed by atoms with Crippen molar-refractivity contribution in [1.29, 1.82) is 0 Å². The van der Waals surface area contributed by atoms with E-state index >= 15 is 0 Å². The Morgan fingerprint density at radius 2 is 1.91 bits per heavy atom. The smallest absolute Gasteiger partial charge is 0.244 e. The highest BCUT2D eigenvalue weighted by molar-refractivity contribution is 5.57. The zero-order chi connectivity index (χ0) is 22.3. The molecule has 0 amide bonds. The molecule has 9 nitrogen and oxygen atoms in total. The summed E-state index contributed by atoms with van der Waals surface area (Å²) in [4.78, 5) is 13.7. The van der Waals surface area contributed by atoms with E-state index < -0.39 is 5.82 Å². The van der Waals surface area contributed by atoms with Crippen molar-refractivity contribution in [1.82, 2.24) is 25.3 Å². The van der Waals surface area contributed by atoms with Crippen LogP contribution in [0.15, 0.2) is 18.2 Å². The monoisotopic (exact) mass is 444 g/mol. The Balaban J connectivity index is 1.56. The maximum Gasteiger partial charge on any atom is 0.244 e. The third kappa shape index (κ3) is 5.74. The molecule has 1 aromatic heterocycles. The number of piperidine rings is 1. The number of hydrogen-bond acceptors (Lipinski definition) is 9. The molecule has 2 aliphatic heterocycles. The quantitative estimate of drug-likeness (QED) is 0.463. The molecule has 0 aliphatic carbocycles. The first kappa shape index (κ1) is 22.5. The van der Waals surface area contributed by atoms with Gasteiger partial charge in [-0.2, -0.15) is 15.0 Å². The normalized spacial score (nSPS) is 20.0. The second kappa shape index (κ2) is 10.7. The van der Waals surface area contributed by atoms with Crippen molar-refractivity contribution in [2.45, 2.75) is 57.5 Å². The number of rotatable bonds is 9. The van der Waals surface area contributed by atoms with Crippen LogP contribution < -0.4 is 26.1 Å². The zero-order valence-electron chi connectivity index (χ0n) is 18.8. The Bertz CT molecular complexity index is 886. The first-order valence-corrected chi connectivity index (χ1v) is 11.5. The lowest BCUT2D eigenvalue weighted by Gasteiger charge is -2.27. The average molecular weight is 445 g/mol. The molecule has 10 heteroatoms. The van der Waals surface area contributed by atoms with Crippen molar-refractivity contribution >= 4 is 23.5 Å². The summed E-state index contributed by atoms with van der Waals surface area (Å²) in [6, 6.07) is 5.28. The molecule has 0 radical (unpaired) electrons. The van der Waals surface area contributed by atoms with Gasteiger partial charge in [-0.1, -0.05) is 13.3 Å². The molecule has 4 rings (SSSR count). The van der Waals surface area contributed by atoms with E-state index in [1.165, 1.54) is 26.0 Å². The fraction of sp³-hybridized carbons (Fsp3) is 0.591. The average Bonchev–Trinajstić information content (AvgIpc) is 3.33. The number of aromatic nitrogens is 3. The van der Waals surface area contributed by atoms with Gasteiger partial charge in [-0.15, -0.1) is 0 Å². The molecule has 1 aromatic carbocycles. The van der Waals surface area contributed by atoms with Crippen molar-refractivity contribution in [2.75, 3.05) is 42.8 Å². The van der Waals surface area contributed by atoms with E-state index in [1.807, 2.05) is 0 Å². The molecule has 2 unspecified atom stereocenters. The highest BCUT2D eigenvalue weighted by atomic mass is 19.1. The largest absolute Gasteiger partial charge is 0.494 e. The van der Waals surface area contributed by atoms with Gasteiger partial charge < -0.3 is 20.7 Å². The van der Waals surface area contributed by atoms with Gasteiger partial charge in [0.25, 0.3) is 0 Å². The van der Waals surface area contributed by atoms with E-state index in [-0.39, 0.29) is 11.8 Å². The first-order valence-electron chi connectivity index (χ1n) is 11.5. The second-order valence-corrected chi connectivity index (χ2v) is 8.30. The minimum Gasteiger partial charge on any atom is -0.494 e. The SMILES string of the molecule is CCC(Nc1nc(Nc2ccc(OC)c(F)c2)nc(NN2CCCCC2)n1)C1CCCN1. The van der Waals surface area contributed by atoms with Crippen molar-refractivity contribution < 1.29 is 9.13 Å². The predicted molar refractivity (Wildman–Crippen MR) is 124 cm³/mol. The van der Waals surface area contributed by atoms with E-state index in [1.54, 1.807) is 12.1 Å². The third-order valence-corrected chi connectivity index (χ3v) is 6.00. The Morgan fingerprint density at radius 1 is 1.12 bits per heavy atom. The molecule has 0 bridgehead atoms. The molecule has 2 aromatic rings. The Labute approximate surface area is 188 Å². The number of nitrogens with zero attached hydrogens (tertiary/aromatic N) is 4. The summed E-state index contributed by atoms with van der Waals surface area (Å²) in [5.74, 6) is 1.05. The van der Waals surface area contributed by atoms with E-state index in [2.05, 4.69) is 48.3 Å². The number of hydrogen-bond donors (Lipinski definition) is 4. The molecule has 32 heavy (non-hydrogen) atoms. The van der Waals surface area contributed by atoms with Crippen molar-refractivity contribution in [3.8, 4) is 5.75 Å². The molecule has 0 saturated carbocycles. The Morgan fingerprint density at radius 3 is 2.59 bits per heavy atom. The van der Waals surface area contributed by atoms with Crippen LogP contribution in [-0.4, -0.2) is 58.8 Å². The summed E-state index contributed by atoms with van der Waals surface area (Å²) in [6.45, 7) is 5.09. The van der Waals surface area contributed by atoms with Crippen LogP contribution >= 0.6 is 0 Å². The minimum atomic E-state index is -0.449. The Hall–Kier alpha value is -2.72. The van der Waals surface area contributed by atoms with E-state index in [0.29, 0.717) is 29.6 Å². The summed E-state index contributed by atoms with van der Waals surface area (Å²) in [7, 11) is 1.44. The highest BCUT2D eigenvalue weighted by Gasteiger charge is 2.24. The van der Waals surface area contributed by atoms with Gasteiger partial charge in [0.1, 0.15) is 0 Å². The van der Waals surface area contributed by atoms with Gasteiger partial charge in [0.05, 0.1) is 7.11 Å². The van der Waals surface area contributed by atoms with Crippen LogP contribution in [0.2, 0.25) is 0 Å². The molecule has 4 N–H and O–H groups in total. The Kier molecular flexibility index (Phi) is 7.54. The van der Waals surface area contributed by atoms with Crippen LogP contribution in [0.1, 0.15) is 45.4 Å². The van der Waals surface area contributed by atoms with Crippen LogP contribution in [0.25, 0.3) is 0 Å². The molecule has 2 fully saturated rings. The zero-order valence-corrected chi connectivity index (χ0v) is 18.8. The van der Waals surface area contributed by atoms with Crippen LogP contribution in [0.5, 0.6) is 5.75 Å². The standard InChI is InChI=1S/C22H33FN8O/c1-3-17(18-8-7-11-24-18)26-21-27-20(25-15-9-10-19(32-2)16(23)14-15)28-22(29-21)30-31-12-5-4-6-13-31/h9-10,14,17-18,24H,3-8,11-13H2,1-2H3,(H3,25,26,27,28,29,30). The fourth-order valence-corrected chi connectivity index (χ4v) is 4.27. The van der Waals surface area contributed by atoms with Gasteiger partial charge in [-0.05, 0) is 50.8 Å². The number of methoxy groups -OCH3 is 1. The summed E-state index contributed by atoms with van der Waals surface area (Å²) < 4.78 is 19.2. The van der Waals surface area contributed by atoms with E-state index in [9.17, 15) is 4.39 Å². The lowest BCUT2D eigenvalue weighted by atomic mass is 10.0. The minimum absolute atomic E-state index is 0.191. The molecule has 2 saturated heterocycles. The van der Waals surface area contributed by atoms with Gasteiger partial charge in [0, 0.05) is 36.9 Å². The molecule has 0 spiro atoms. The number of hydrazine groups is 1. The van der Waals surface area contributed by atoms with Gasteiger partial charge in [0.15, 0.2) is 11.6 Å². The second-order valence-electron chi connectivity index (χ2n) is 8.30. The summed E-state index contributed by atoms with van der Waals surface area (Å²) in [6.07, 6.45) is 6.79. The van der Waals surface area contributed by atoms with Gasteiger partial charge in [0.2, 0.25) is 17.8 Å². The fourth-order valence-electron chi connectivity index (χ4n) is 4.27. The molecular formula is C22H33FN8O. The predicted octanol–water partition coefficient (Wildman–Crippen LogP) is 3.52. The van der Waals surface area contributed by atoms with Crippen LogP contribution in [0.3, 0.4) is 0 Å². The third-order valence-electron chi connectivity index (χ3n) is 6.00. The maximum atomic E-state index is 14.2. The molecule has 2 atom stereocenters. The number of anilines is 4. The van der Waals surface area contributed by atoms with E-state index in [0.717, 1.165) is 45.3 Å². The molecule has 174 valence electrons. The summed E-state index contributed by atoms with van der Waals surface area (Å²) in [5.41, 5.74) is 3.86. The summed E-state index contributed by atoms with van der Waals surface area (Å²) in [5, 5.41) is 12.3. The van der Waals surface area contributed by atoms with Crippen LogP contribution in [0, 0.1) is 5.82 Å². The molecular weight excluding hydrogens is 411 g/mol.